The van der Waals surface area contributed by atoms with Gasteiger partial charge in [0.1, 0.15) is 0 Å². The number of benzene rings is 1. The fourth-order valence-electron chi connectivity index (χ4n) is 2.09. The molecule has 134 valence electrons. The van der Waals surface area contributed by atoms with Crippen molar-refractivity contribution >= 4 is 11.9 Å². The van der Waals surface area contributed by atoms with Crippen molar-refractivity contribution in [3.05, 3.63) is 35.4 Å². The fraction of sp³-hybridized carbons (Fsp3) is 0.556. The molecule has 6 heteroatoms. The first kappa shape index (κ1) is 20.1. The lowest BCUT2D eigenvalue weighted by Gasteiger charge is -2.19. The van der Waals surface area contributed by atoms with E-state index in [1.165, 1.54) is 12.1 Å². The van der Waals surface area contributed by atoms with Crippen molar-refractivity contribution in [1.29, 1.82) is 0 Å². The standard InChI is InChI=1S/C18H26O6/c1-11(2)21-13(5)23-17(19)15-9-7-8-10-16(15)18(20)24-14(6)22-12(3)4/h7-14H,1-6H3. The Bertz CT molecular complexity index is 503. The highest BCUT2D eigenvalue weighted by atomic mass is 16.7. The Hall–Kier alpha value is -1.92. The number of hydrogen-bond acceptors (Lipinski definition) is 6. The first-order valence-corrected chi connectivity index (χ1v) is 8.02. The zero-order chi connectivity index (χ0) is 18.3. The van der Waals surface area contributed by atoms with E-state index in [0.29, 0.717) is 0 Å². The molecule has 0 radical (unpaired) electrons. The first-order chi connectivity index (χ1) is 11.2. The lowest BCUT2D eigenvalue weighted by molar-refractivity contribution is -0.123. The average Bonchev–Trinajstić information content (AvgIpc) is 2.45. The summed E-state index contributed by atoms with van der Waals surface area (Å²) < 4.78 is 21.2. The molecule has 0 aliphatic rings. The SMILES string of the molecule is CC(C)OC(C)OC(=O)c1ccccc1C(=O)OC(C)OC(C)C. The number of rotatable bonds is 8. The van der Waals surface area contributed by atoms with Crippen molar-refractivity contribution in [2.24, 2.45) is 0 Å². The lowest BCUT2D eigenvalue weighted by Crippen LogP contribution is -2.25. The Morgan fingerprint density at radius 1 is 0.708 bits per heavy atom. The molecule has 2 atom stereocenters. The summed E-state index contributed by atoms with van der Waals surface area (Å²) in [5.41, 5.74) is 0.247. The van der Waals surface area contributed by atoms with Crippen LogP contribution in [0.25, 0.3) is 0 Å². The molecule has 0 aromatic heterocycles. The lowest BCUT2D eigenvalue weighted by atomic mass is 10.1. The summed E-state index contributed by atoms with van der Waals surface area (Å²) in [6, 6.07) is 6.31. The summed E-state index contributed by atoms with van der Waals surface area (Å²) >= 11 is 0. The molecule has 0 amide bonds. The third-order valence-electron chi connectivity index (χ3n) is 2.84. The molecule has 0 aliphatic heterocycles. The fourth-order valence-corrected chi connectivity index (χ4v) is 2.09. The second-order valence-electron chi connectivity index (χ2n) is 5.86. The highest BCUT2D eigenvalue weighted by molar-refractivity contribution is 6.03. The van der Waals surface area contributed by atoms with Crippen LogP contribution < -0.4 is 0 Å². The van der Waals surface area contributed by atoms with E-state index < -0.39 is 24.5 Å². The van der Waals surface area contributed by atoms with Crippen LogP contribution in [-0.2, 0) is 18.9 Å². The molecule has 0 aliphatic carbocycles. The Morgan fingerprint density at radius 2 is 1.04 bits per heavy atom. The minimum atomic E-state index is -0.718. The smallest absolute Gasteiger partial charge is 0.341 e. The van der Waals surface area contributed by atoms with Gasteiger partial charge < -0.3 is 18.9 Å². The van der Waals surface area contributed by atoms with Gasteiger partial charge in [-0.25, -0.2) is 9.59 Å². The van der Waals surface area contributed by atoms with Crippen LogP contribution in [0.4, 0.5) is 0 Å². The number of ether oxygens (including phenoxy) is 4. The van der Waals surface area contributed by atoms with Gasteiger partial charge in [-0.1, -0.05) is 12.1 Å². The normalized spacial score (nSPS) is 13.7. The summed E-state index contributed by atoms with van der Waals surface area (Å²) in [4.78, 5) is 24.6. The van der Waals surface area contributed by atoms with E-state index in [2.05, 4.69) is 0 Å². The average molecular weight is 338 g/mol. The minimum Gasteiger partial charge on any atom is -0.432 e. The zero-order valence-electron chi connectivity index (χ0n) is 15.1. The van der Waals surface area contributed by atoms with Crippen molar-refractivity contribution in [3.8, 4) is 0 Å². The predicted molar refractivity (Wildman–Crippen MR) is 88.6 cm³/mol. The van der Waals surface area contributed by atoms with Gasteiger partial charge in [-0.3, -0.25) is 0 Å². The van der Waals surface area contributed by atoms with Gasteiger partial charge in [0.2, 0.25) is 12.6 Å². The van der Waals surface area contributed by atoms with E-state index in [-0.39, 0.29) is 23.3 Å². The van der Waals surface area contributed by atoms with Gasteiger partial charge in [-0.15, -0.1) is 0 Å². The van der Waals surface area contributed by atoms with Gasteiger partial charge in [0, 0.05) is 0 Å². The van der Waals surface area contributed by atoms with Gasteiger partial charge in [-0.2, -0.15) is 0 Å². The maximum absolute atomic E-state index is 12.3. The Balaban J connectivity index is 2.83. The largest absolute Gasteiger partial charge is 0.432 e. The number of carbonyl (C=O) groups is 2. The first-order valence-electron chi connectivity index (χ1n) is 8.02. The quantitative estimate of drug-likeness (QED) is 0.533. The summed E-state index contributed by atoms with van der Waals surface area (Å²) in [6.07, 6.45) is -1.60. The van der Waals surface area contributed by atoms with Gasteiger partial charge in [-0.05, 0) is 53.7 Å². The number of carbonyl (C=O) groups excluding carboxylic acids is 2. The maximum atomic E-state index is 12.3. The second kappa shape index (κ2) is 9.39. The molecule has 0 bridgehead atoms. The van der Waals surface area contributed by atoms with Crippen LogP contribution >= 0.6 is 0 Å². The third kappa shape index (κ3) is 6.68. The van der Waals surface area contributed by atoms with E-state index >= 15 is 0 Å². The molecule has 0 saturated heterocycles. The van der Waals surface area contributed by atoms with Crippen LogP contribution in [0.5, 0.6) is 0 Å². The summed E-state index contributed by atoms with van der Waals surface area (Å²) in [5, 5.41) is 0. The van der Waals surface area contributed by atoms with E-state index in [0.717, 1.165) is 0 Å². The second-order valence-corrected chi connectivity index (χ2v) is 5.86. The molecule has 0 spiro atoms. The van der Waals surface area contributed by atoms with Gasteiger partial charge in [0.05, 0.1) is 23.3 Å². The van der Waals surface area contributed by atoms with Crippen LogP contribution in [0.2, 0.25) is 0 Å². The van der Waals surface area contributed by atoms with Crippen LogP contribution in [0.15, 0.2) is 24.3 Å². The summed E-state index contributed by atoms with van der Waals surface area (Å²) in [7, 11) is 0. The van der Waals surface area contributed by atoms with E-state index in [1.54, 1.807) is 26.0 Å². The monoisotopic (exact) mass is 338 g/mol. The molecule has 0 fully saturated rings. The molecule has 2 unspecified atom stereocenters. The summed E-state index contributed by atoms with van der Waals surface area (Å²) in [5.74, 6) is -1.29. The molecular formula is C18H26O6. The van der Waals surface area contributed by atoms with Crippen LogP contribution in [-0.4, -0.2) is 36.7 Å². The van der Waals surface area contributed by atoms with Crippen molar-refractivity contribution in [3.63, 3.8) is 0 Å². The van der Waals surface area contributed by atoms with Crippen molar-refractivity contribution < 1.29 is 28.5 Å². The maximum Gasteiger partial charge on any atom is 0.341 e. The molecule has 0 heterocycles. The molecular weight excluding hydrogens is 312 g/mol. The predicted octanol–water partition coefficient (Wildman–Crippen LogP) is 3.54. The highest BCUT2D eigenvalue weighted by Crippen LogP contribution is 2.15. The molecule has 0 saturated carbocycles. The zero-order valence-corrected chi connectivity index (χ0v) is 15.1. The summed E-state index contributed by atoms with van der Waals surface area (Å²) in [6.45, 7) is 10.6. The Kier molecular flexibility index (Phi) is 7.88. The Labute approximate surface area is 143 Å². The molecule has 1 rings (SSSR count). The van der Waals surface area contributed by atoms with Crippen LogP contribution in [0.1, 0.15) is 62.3 Å². The van der Waals surface area contributed by atoms with Crippen molar-refractivity contribution in [2.45, 2.75) is 66.3 Å². The minimum absolute atomic E-state index is 0.0814. The van der Waals surface area contributed by atoms with Crippen LogP contribution in [0, 0.1) is 0 Å². The topological polar surface area (TPSA) is 71.1 Å². The van der Waals surface area contributed by atoms with Crippen molar-refractivity contribution in [2.75, 3.05) is 0 Å². The van der Waals surface area contributed by atoms with Gasteiger partial charge in [0.15, 0.2) is 0 Å². The van der Waals surface area contributed by atoms with Gasteiger partial charge >= 0.3 is 11.9 Å². The van der Waals surface area contributed by atoms with E-state index in [9.17, 15) is 9.59 Å². The number of hydrogen-bond donors (Lipinski definition) is 0. The van der Waals surface area contributed by atoms with E-state index in [1.807, 2.05) is 27.7 Å². The van der Waals surface area contributed by atoms with Crippen LogP contribution in [0.3, 0.4) is 0 Å². The Morgan fingerprint density at radius 3 is 1.33 bits per heavy atom. The third-order valence-corrected chi connectivity index (χ3v) is 2.84. The highest BCUT2D eigenvalue weighted by Gasteiger charge is 2.22. The molecule has 24 heavy (non-hydrogen) atoms. The molecule has 1 aromatic carbocycles. The van der Waals surface area contributed by atoms with Crippen molar-refractivity contribution in [1.82, 2.24) is 0 Å². The molecule has 1 aromatic rings. The molecule has 6 nitrogen and oxygen atoms in total. The van der Waals surface area contributed by atoms with Gasteiger partial charge in [0.25, 0.3) is 0 Å². The number of esters is 2. The van der Waals surface area contributed by atoms with E-state index in [4.69, 9.17) is 18.9 Å². The molecule has 0 N–H and O–H groups in total.